The number of hydrogen-bond acceptors (Lipinski definition) is 3. The van der Waals surface area contributed by atoms with Gasteiger partial charge in [0.05, 0.1) is 7.11 Å². The molecule has 18 heavy (non-hydrogen) atoms. The Morgan fingerprint density at radius 3 is 2.56 bits per heavy atom. The number of rotatable bonds is 3. The van der Waals surface area contributed by atoms with Crippen molar-refractivity contribution < 1.29 is 14.6 Å². The average Bonchev–Trinajstić information content (AvgIpc) is 2.39. The Kier molecular flexibility index (Phi) is 3.19. The van der Waals surface area contributed by atoms with Crippen molar-refractivity contribution in [3.8, 4) is 22.6 Å². The minimum absolute atomic E-state index is 0.0762. The number of methoxy groups -OCH3 is 1. The van der Waals surface area contributed by atoms with Crippen LogP contribution in [0.15, 0.2) is 42.5 Å². The van der Waals surface area contributed by atoms with Gasteiger partial charge >= 0.3 is 0 Å². The van der Waals surface area contributed by atoms with Crippen molar-refractivity contribution in [2.75, 3.05) is 7.11 Å². The second kappa shape index (κ2) is 4.79. The summed E-state index contributed by atoms with van der Waals surface area (Å²) in [6, 6.07) is 12.0. The molecule has 0 aliphatic carbocycles. The van der Waals surface area contributed by atoms with Crippen LogP contribution in [0.4, 0.5) is 0 Å². The highest BCUT2D eigenvalue weighted by Crippen LogP contribution is 2.31. The summed E-state index contributed by atoms with van der Waals surface area (Å²) in [4.78, 5) is 11.1. The lowest BCUT2D eigenvalue weighted by Crippen LogP contribution is -2.10. The van der Waals surface area contributed by atoms with Crippen LogP contribution in [0.2, 0.25) is 0 Å². The van der Waals surface area contributed by atoms with E-state index in [1.807, 2.05) is 6.07 Å². The minimum atomic E-state index is -0.470. The van der Waals surface area contributed by atoms with Gasteiger partial charge in [0, 0.05) is 5.56 Å². The van der Waals surface area contributed by atoms with E-state index in [2.05, 4.69) is 0 Å². The Morgan fingerprint density at radius 1 is 1.17 bits per heavy atom. The summed E-state index contributed by atoms with van der Waals surface area (Å²) in [5, 5.41) is 9.53. The van der Waals surface area contributed by atoms with E-state index >= 15 is 0 Å². The van der Waals surface area contributed by atoms with Crippen molar-refractivity contribution in [1.29, 1.82) is 0 Å². The first-order valence-corrected chi connectivity index (χ1v) is 5.39. The molecular formula is C14H13NO3. The molecule has 2 rings (SSSR count). The summed E-state index contributed by atoms with van der Waals surface area (Å²) in [7, 11) is 1.48. The van der Waals surface area contributed by atoms with Crippen molar-refractivity contribution in [3.05, 3.63) is 48.0 Å². The topological polar surface area (TPSA) is 72.5 Å². The molecule has 0 aliphatic heterocycles. The molecule has 0 fully saturated rings. The molecule has 2 aromatic rings. The number of aromatic hydroxyl groups is 1. The number of primary amides is 1. The monoisotopic (exact) mass is 243 g/mol. The Hall–Kier alpha value is -2.49. The van der Waals surface area contributed by atoms with Crippen LogP contribution in [0.25, 0.3) is 11.1 Å². The number of amides is 1. The van der Waals surface area contributed by atoms with Gasteiger partial charge in [0.1, 0.15) is 0 Å². The van der Waals surface area contributed by atoms with Crippen molar-refractivity contribution in [1.82, 2.24) is 0 Å². The van der Waals surface area contributed by atoms with Gasteiger partial charge in [-0.05, 0) is 35.4 Å². The number of benzene rings is 2. The van der Waals surface area contributed by atoms with Crippen LogP contribution < -0.4 is 10.5 Å². The first kappa shape index (κ1) is 12.0. The van der Waals surface area contributed by atoms with Crippen LogP contribution in [0.3, 0.4) is 0 Å². The minimum Gasteiger partial charge on any atom is -0.504 e. The van der Waals surface area contributed by atoms with Crippen LogP contribution in [0, 0.1) is 0 Å². The predicted molar refractivity (Wildman–Crippen MR) is 68.6 cm³/mol. The Labute approximate surface area is 105 Å². The van der Waals surface area contributed by atoms with Crippen LogP contribution in [-0.2, 0) is 0 Å². The van der Waals surface area contributed by atoms with Crippen LogP contribution in [-0.4, -0.2) is 18.1 Å². The summed E-state index contributed by atoms with van der Waals surface area (Å²) in [6.07, 6.45) is 0. The molecule has 0 aliphatic rings. The highest BCUT2D eigenvalue weighted by Gasteiger charge is 2.06. The fraction of sp³-hybridized carbons (Fsp3) is 0.0714. The lowest BCUT2D eigenvalue weighted by Gasteiger charge is -2.07. The highest BCUT2D eigenvalue weighted by molar-refractivity contribution is 5.94. The molecule has 0 radical (unpaired) electrons. The number of phenols is 1. The molecule has 0 unspecified atom stereocenters. The molecule has 3 N–H and O–H groups in total. The average molecular weight is 243 g/mol. The summed E-state index contributed by atoms with van der Waals surface area (Å²) in [6.45, 7) is 0. The van der Waals surface area contributed by atoms with E-state index in [1.165, 1.54) is 7.11 Å². The summed E-state index contributed by atoms with van der Waals surface area (Å²) in [5.74, 6) is -0.00752. The molecule has 0 bridgehead atoms. The van der Waals surface area contributed by atoms with Gasteiger partial charge in [-0.15, -0.1) is 0 Å². The van der Waals surface area contributed by atoms with Gasteiger partial charge in [0.25, 0.3) is 0 Å². The molecule has 92 valence electrons. The molecular weight excluding hydrogens is 230 g/mol. The third kappa shape index (κ3) is 2.27. The third-order valence-corrected chi connectivity index (χ3v) is 2.66. The largest absolute Gasteiger partial charge is 0.504 e. The SMILES string of the molecule is COc1cc(-c2cccc(C(N)=O)c2)ccc1O. The Balaban J connectivity index is 2.48. The van der Waals surface area contributed by atoms with Crippen LogP contribution >= 0.6 is 0 Å². The lowest BCUT2D eigenvalue weighted by atomic mass is 10.0. The second-order valence-electron chi connectivity index (χ2n) is 3.83. The molecule has 4 heteroatoms. The van der Waals surface area contributed by atoms with Crippen molar-refractivity contribution in [2.24, 2.45) is 5.73 Å². The normalized spacial score (nSPS) is 10.1. The van der Waals surface area contributed by atoms with Gasteiger partial charge in [-0.2, -0.15) is 0 Å². The Bertz CT molecular complexity index is 593. The first-order valence-electron chi connectivity index (χ1n) is 5.39. The van der Waals surface area contributed by atoms with E-state index in [-0.39, 0.29) is 5.75 Å². The van der Waals surface area contributed by atoms with E-state index in [0.717, 1.165) is 11.1 Å². The number of hydrogen-bond donors (Lipinski definition) is 2. The van der Waals surface area contributed by atoms with E-state index in [1.54, 1.807) is 36.4 Å². The smallest absolute Gasteiger partial charge is 0.248 e. The van der Waals surface area contributed by atoms with Gasteiger partial charge in [-0.3, -0.25) is 4.79 Å². The molecule has 0 heterocycles. The summed E-state index contributed by atoms with van der Waals surface area (Å²) < 4.78 is 5.04. The van der Waals surface area contributed by atoms with E-state index < -0.39 is 5.91 Å². The second-order valence-corrected chi connectivity index (χ2v) is 3.83. The zero-order valence-electron chi connectivity index (χ0n) is 9.88. The standard InChI is InChI=1S/C14H13NO3/c1-18-13-8-10(5-6-12(13)16)9-3-2-4-11(7-9)14(15)17/h2-8,16H,1H3,(H2,15,17). The van der Waals surface area contributed by atoms with Gasteiger partial charge in [-0.1, -0.05) is 18.2 Å². The Morgan fingerprint density at radius 2 is 1.89 bits per heavy atom. The number of ether oxygens (including phenoxy) is 1. The number of carbonyl (C=O) groups is 1. The van der Waals surface area contributed by atoms with Gasteiger partial charge in [0.15, 0.2) is 11.5 Å². The summed E-state index contributed by atoms with van der Waals surface area (Å²) >= 11 is 0. The van der Waals surface area contributed by atoms with E-state index in [9.17, 15) is 9.90 Å². The fourth-order valence-electron chi connectivity index (χ4n) is 1.71. The molecule has 2 aromatic carbocycles. The number of phenolic OH excluding ortho intramolecular Hbond substituents is 1. The maximum Gasteiger partial charge on any atom is 0.248 e. The molecule has 1 amide bonds. The predicted octanol–water partition coefficient (Wildman–Crippen LogP) is 2.17. The highest BCUT2D eigenvalue weighted by atomic mass is 16.5. The molecule has 0 saturated carbocycles. The van der Waals surface area contributed by atoms with Crippen LogP contribution in [0.1, 0.15) is 10.4 Å². The summed E-state index contributed by atoms with van der Waals surface area (Å²) in [5.41, 5.74) is 7.36. The van der Waals surface area contributed by atoms with Crippen molar-refractivity contribution in [3.63, 3.8) is 0 Å². The van der Waals surface area contributed by atoms with Gasteiger partial charge in [-0.25, -0.2) is 0 Å². The maximum absolute atomic E-state index is 11.1. The van der Waals surface area contributed by atoms with Gasteiger partial charge in [0.2, 0.25) is 5.91 Å². The zero-order chi connectivity index (χ0) is 13.1. The lowest BCUT2D eigenvalue weighted by molar-refractivity contribution is 0.100. The van der Waals surface area contributed by atoms with Crippen molar-refractivity contribution in [2.45, 2.75) is 0 Å². The molecule has 0 atom stereocenters. The molecule has 4 nitrogen and oxygen atoms in total. The number of nitrogens with two attached hydrogens (primary N) is 1. The van der Waals surface area contributed by atoms with Crippen LogP contribution in [0.5, 0.6) is 11.5 Å². The molecule has 0 aromatic heterocycles. The van der Waals surface area contributed by atoms with E-state index in [4.69, 9.17) is 10.5 Å². The zero-order valence-corrected chi connectivity index (χ0v) is 9.88. The van der Waals surface area contributed by atoms with E-state index in [0.29, 0.717) is 11.3 Å². The first-order chi connectivity index (χ1) is 8.61. The quantitative estimate of drug-likeness (QED) is 0.867. The fourth-order valence-corrected chi connectivity index (χ4v) is 1.71. The number of carbonyl (C=O) groups excluding carboxylic acids is 1. The van der Waals surface area contributed by atoms with Crippen molar-refractivity contribution >= 4 is 5.91 Å². The molecule has 0 spiro atoms. The van der Waals surface area contributed by atoms with Gasteiger partial charge < -0.3 is 15.6 Å². The third-order valence-electron chi connectivity index (χ3n) is 2.66. The molecule has 0 saturated heterocycles. The maximum atomic E-state index is 11.1.